The quantitative estimate of drug-likeness (QED) is 0.693. The zero-order valence-corrected chi connectivity index (χ0v) is 14.9. The molecule has 0 saturated carbocycles. The predicted molar refractivity (Wildman–Crippen MR) is 94.1 cm³/mol. The van der Waals surface area contributed by atoms with E-state index in [1.54, 1.807) is 13.2 Å². The molecular weight excluding hydrogens is 366 g/mol. The molecule has 0 saturated heterocycles. The van der Waals surface area contributed by atoms with E-state index in [2.05, 4.69) is 34.2 Å². The number of methoxy groups -OCH3 is 1. The fraction of sp³-hybridized carbons (Fsp3) is 0.294. The summed E-state index contributed by atoms with van der Waals surface area (Å²) in [4.78, 5) is 0. The van der Waals surface area contributed by atoms with Crippen molar-refractivity contribution < 1.29 is 9.47 Å². The number of hydrogen-bond donors (Lipinski definition) is 1. The van der Waals surface area contributed by atoms with Crippen LogP contribution in [-0.2, 0) is 0 Å². The highest BCUT2D eigenvalue weighted by Crippen LogP contribution is 2.24. The first-order chi connectivity index (χ1) is 10.6. The lowest BCUT2D eigenvalue weighted by molar-refractivity contribution is 0.307. The third-order valence-corrected chi connectivity index (χ3v) is 3.93. The number of benzene rings is 2. The molecule has 3 nitrogen and oxygen atoms in total. The average Bonchev–Trinajstić information content (AvgIpc) is 2.50. The molecule has 2 rings (SSSR count). The van der Waals surface area contributed by atoms with Crippen LogP contribution >= 0.6 is 27.5 Å². The summed E-state index contributed by atoms with van der Waals surface area (Å²) in [6.07, 6.45) is 0. The van der Waals surface area contributed by atoms with E-state index in [0.717, 1.165) is 22.5 Å². The van der Waals surface area contributed by atoms with E-state index in [4.69, 9.17) is 21.1 Å². The van der Waals surface area contributed by atoms with Crippen LogP contribution in [0.3, 0.4) is 0 Å². The first-order valence-electron chi connectivity index (χ1n) is 7.04. The van der Waals surface area contributed by atoms with Gasteiger partial charge in [0.05, 0.1) is 7.11 Å². The van der Waals surface area contributed by atoms with Crippen LogP contribution in [0.5, 0.6) is 11.5 Å². The zero-order valence-electron chi connectivity index (χ0n) is 12.6. The first kappa shape index (κ1) is 17.1. The van der Waals surface area contributed by atoms with Gasteiger partial charge in [-0.25, -0.2) is 0 Å². The van der Waals surface area contributed by atoms with E-state index in [9.17, 15) is 0 Å². The minimum absolute atomic E-state index is 0.227. The van der Waals surface area contributed by atoms with Gasteiger partial charge in [-0.2, -0.15) is 0 Å². The lowest BCUT2D eigenvalue weighted by Gasteiger charge is -2.15. The molecule has 1 unspecified atom stereocenters. The zero-order chi connectivity index (χ0) is 15.9. The van der Waals surface area contributed by atoms with E-state index in [1.165, 1.54) is 5.56 Å². The highest BCUT2D eigenvalue weighted by Gasteiger charge is 2.06. The van der Waals surface area contributed by atoms with Gasteiger partial charge in [0.25, 0.3) is 0 Å². The Bertz CT molecular complexity index is 601. The average molecular weight is 385 g/mol. The van der Waals surface area contributed by atoms with Crippen LogP contribution in [0.1, 0.15) is 18.5 Å². The van der Waals surface area contributed by atoms with Gasteiger partial charge in [-0.1, -0.05) is 39.7 Å². The van der Waals surface area contributed by atoms with Gasteiger partial charge in [-0.15, -0.1) is 0 Å². The normalized spacial score (nSPS) is 12.0. The van der Waals surface area contributed by atoms with Gasteiger partial charge < -0.3 is 14.8 Å². The summed E-state index contributed by atoms with van der Waals surface area (Å²) >= 11 is 9.38. The molecule has 1 N–H and O–H groups in total. The molecule has 118 valence electrons. The molecule has 1 atom stereocenters. The Kier molecular flexibility index (Phi) is 6.55. The van der Waals surface area contributed by atoms with Crippen molar-refractivity contribution in [2.24, 2.45) is 0 Å². The summed E-state index contributed by atoms with van der Waals surface area (Å²) in [5.41, 5.74) is 1.19. The van der Waals surface area contributed by atoms with Crippen molar-refractivity contribution in [3.05, 3.63) is 57.5 Å². The third kappa shape index (κ3) is 5.20. The predicted octanol–water partition coefficient (Wildman–Crippen LogP) is 4.84. The Labute approximate surface area is 144 Å². The summed E-state index contributed by atoms with van der Waals surface area (Å²) < 4.78 is 11.8. The molecule has 0 aliphatic rings. The molecule has 0 bridgehead atoms. The Hall–Kier alpha value is -1.23. The minimum Gasteiger partial charge on any atom is -0.497 e. The molecule has 5 heteroatoms. The maximum atomic E-state index is 5.98. The van der Waals surface area contributed by atoms with Crippen molar-refractivity contribution in [2.75, 3.05) is 20.3 Å². The fourth-order valence-corrected chi connectivity index (χ4v) is 2.91. The molecule has 22 heavy (non-hydrogen) atoms. The lowest BCUT2D eigenvalue weighted by atomic mass is 10.1. The summed E-state index contributed by atoms with van der Waals surface area (Å²) in [5.74, 6) is 1.63. The second-order valence-corrected chi connectivity index (χ2v) is 6.26. The Morgan fingerprint density at radius 1 is 1.18 bits per heavy atom. The molecule has 0 radical (unpaired) electrons. The van der Waals surface area contributed by atoms with Crippen LogP contribution in [0.15, 0.2) is 46.9 Å². The van der Waals surface area contributed by atoms with Crippen molar-refractivity contribution in [3.8, 4) is 11.5 Å². The summed E-state index contributed by atoms with van der Waals surface area (Å²) in [6, 6.07) is 13.8. The largest absolute Gasteiger partial charge is 0.497 e. The fourth-order valence-electron chi connectivity index (χ4n) is 2.08. The van der Waals surface area contributed by atoms with Gasteiger partial charge in [0.2, 0.25) is 0 Å². The second kappa shape index (κ2) is 8.42. The van der Waals surface area contributed by atoms with Gasteiger partial charge in [0, 0.05) is 22.1 Å². The van der Waals surface area contributed by atoms with Crippen molar-refractivity contribution in [3.63, 3.8) is 0 Å². The van der Waals surface area contributed by atoms with E-state index >= 15 is 0 Å². The van der Waals surface area contributed by atoms with Crippen molar-refractivity contribution in [2.45, 2.75) is 13.0 Å². The highest BCUT2D eigenvalue weighted by molar-refractivity contribution is 9.10. The van der Waals surface area contributed by atoms with Crippen molar-refractivity contribution in [1.29, 1.82) is 0 Å². The van der Waals surface area contributed by atoms with Gasteiger partial charge in [-0.05, 0) is 42.8 Å². The van der Waals surface area contributed by atoms with Crippen LogP contribution in [0.4, 0.5) is 0 Å². The SMILES string of the molecule is COc1cccc(C(C)NCCOc2cc(Cl)cc(Br)c2)c1. The van der Waals surface area contributed by atoms with Crippen molar-refractivity contribution >= 4 is 27.5 Å². The van der Waals surface area contributed by atoms with Crippen LogP contribution in [-0.4, -0.2) is 20.3 Å². The van der Waals surface area contributed by atoms with Gasteiger partial charge >= 0.3 is 0 Å². The molecule has 0 fully saturated rings. The Morgan fingerprint density at radius 2 is 2.00 bits per heavy atom. The second-order valence-electron chi connectivity index (χ2n) is 4.91. The molecule has 0 amide bonds. The van der Waals surface area contributed by atoms with E-state index in [1.807, 2.05) is 30.3 Å². The summed E-state index contributed by atoms with van der Waals surface area (Å²) in [5, 5.41) is 4.08. The first-order valence-corrected chi connectivity index (χ1v) is 8.22. The molecule has 2 aromatic carbocycles. The van der Waals surface area contributed by atoms with E-state index in [0.29, 0.717) is 11.6 Å². The van der Waals surface area contributed by atoms with Crippen LogP contribution in [0.25, 0.3) is 0 Å². The number of halogens is 2. The Morgan fingerprint density at radius 3 is 2.73 bits per heavy atom. The number of nitrogens with one attached hydrogen (secondary N) is 1. The Balaban J connectivity index is 1.80. The molecule has 0 aromatic heterocycles. The van der Waals surface area contributed by atoms with E-state index in [-0.39, 0.29) is 6.04 Å². The van der Waals surface area contributed by atoms with Gasteiger partial charge in [0.15, 0.2) is 0 Å². The van der Waals surface area contributed by atoms with Gasteiger partial charge in [0.1, 0.15) is 18.1 Å². The maximum Gasteiger partial charge on any atom is 0.121 e. The smallest absolute Gasteiger partial charge is 0.121 e. The highest BCUT2D eigenvalue weighted by atomic mass is 79.9. The number of hydrogen-bond acceptors (Lipinski definition) is 3. The molecule has 0 aliphatic carbocycles. The molecule has 0 aliphatic heterocycles. The molecule has 0 spiro atoms. The van der Waals surface area contributed by atoms with Crippen LogP contribution < -0.4 is 14.8 Å². The third-order valence-electron chi connectivity index (χ3n) is 3.25. The standard InChI is InChI=1S/C17H19BrClNO2/c1-12(13-4-3-5-16(8-13)21-2)20-6-7-22-17-10-14(18)9-15(19)11-17/h3-5,8-12,20H,6-7H2,1-2H3. The maximum absolute atomic E-state index is 5.98. The topological polar surface area (TPSA) is 30.5 Å². The van der Waals surface area contributed by atoms with Gasteiger partial charge in [-0.3, -0.25) is 0 Å². The molecule has 2 aromatic rings. The number of ether oxygens (including phenoxy) is 2. The minimum atomic E-state index is 0.227. The van der Waals surface area contributed by atoms with Crippen LogP contribution in [0, 0.1) is 0 Å². The summed E-state index contributed by atoms with van der Waals surface area (Å²) in [6.45, 7) is 3.42. The summed E-state index contributed by atoms with van der Waals surface area (Å²) in [7, 11) is 1.67. The monoisotopic (exact) mass is 383 g/mol. The van der Waals surface area contributed by atoms with Crippen molar-refractivity contribution in [1.82, 2.24) is 5.32 Å². The number of rotatable bonds is 7. The van der Waals surface area contributed by atoms with E-state index < -0.39 is 0 Å². The molecule has 0 heterocycles. The molecular formula is C17H19BrClNO2. The lowest BCUT2D eigenvalue weighted by Crippen LogP contribution is -2.24. The van der Waals surface area contributed by atoms with Crippen LogP contribution in [0.2, 0.25) is 5.02 Å².